The molecule has 4 rings (SSSR count). The summed E-state index contributed by atoms with van der Waals surface area (Å²) in [4.78, 5) is 0. The van der Waals surface area contributed by atoms with Gasteiger partial charge in [0.05, 0.1) is 5.57 Å². The van der Waals surface area contributed by atoms with Crippen LogP contribution in [0.1, 0.15) is 46.5 Å². The molecule has 2 fully saturated rings. The molecule has 0 radical (unpaired) electrons. The minimum atomic E-state index is -0.646. The Bertz CT molecular complexity index is 444. The largest absolute Gasteiger partial charge is 0.409 e. The van der Waals surface area contributed by atoms with Crippen LogP contribution in [0.15, 0.2) is 34.8 Å². The summed E-state index contributed by atoms with van der Waals surface area (Å²) in [6, 6.07) is 0. The summed E-state index contributed by atoms with van der Waals surface area (Å²) in [5.74, 6) is 0.0780. The maximum Gasteiger partial charge on any atom is 0.409 e. The fourth-order valence-corrected chi connectivity index (χ4v) is 2.47. The van der Waals surface area contributed by atoms with Crippen molar-refractivity contribution in [1.29, 1.82) is 0 Å². The summed E-state index contributed by atoms with van der Waals surface area (Å²) in [6.45, 7) is 6.49. The van der Waals surface area contributed by atoms with E-state index in [4.69, 9.17) is 14.2 Å². The molecule has 1 spiro atoms. The zero-order valence-electron chi connectivity index (χ0n) is 11.3. The first-order valence-corrected chi connectivity index (χ1v) is 6.68. The van der Waals surface area contributed by atoms with Gasteiger partial charge in [-0.2, -0.15) is 0 Å². The van der Waals surface area contributed by atoms with Crippen LogP contribution in [0.25, 0.3) is 0 Å². The van der Waals surface area contributed by atoms with Gasteiger partial charge in [0.25, 0.3) is 5.95 Å². The summed E-state index contributed by atoms with van der Waals surface area (Å²) < 4.78 is 16.1. The SMILES string of the molecule is CC(C)=CCCC(C)=CCCC1=C2OC3(O2)OC13. The molecule has 2 saturated heterocycles. The molecule has 4 aliphatic heterocycles. The number of hydrogen-bond donors (Lipinski definition) is 0. The highest BCUT2D eigenvalue weighted by molar-refractivity contribution is 5.32. The zero-order chi connectivity index (χ0) is 12.8. The molecule has 0 aromatic carbocycles. The second-order valence-corrected chi connectivity index (χ2v) is 5.53. The fourth-order valence-electron chi connectivity index (χ4n) is 2.47. The van der Waals surface area contributed by atoms with Crippen molar-refractivity contribution in [3.63, 3.8) is 0 Å². The molecule has 1 atom stereocenters. The second kappa shape index (κ2) is 4.16. The summed E-state index contributed by atoms with van der Waals surface area (Å²) in [5.41, 5.74) is 4.06. The lowest BCUT2D eigenvalue weighted by Crippen LogP contribution is -2.28. The minimum Gasteiger partial charge on any atom is -0.395 e. The first kappa shape index (κ1) is 11.8. The van der Waals surface area contributed by atoms with Crippen molar-refractivity contribution in [2.75, 3.05) is 0 Å². The first-order chi connectivity index (χ1) is 8.61. The molecule has 2 bridgehead atoms. The molecule has 1 unspecified atom stereocenters. The van der Waals surface area contributed by atoms with Gasteiger partial charge in [-0.1, -0.05) is 23.3 Å². The Morgan fingerprint density at radius 3 is 2.50 bits per heavy atom. The van der Waals surface area contributed by atoms with Gasteiger partial charge in [-0.15, -0.1) is 0 Å². The quantitative estimate of drug-likeness (QED) is 0.529. The lowest BCUT2D eigenvalue weighted by Gasteiger charge is -2.23. The zero-order valence-corrected chi connectivity index (χ0v) is 11.3. The Balaban J connectivity index is 1.41. The molecule has 0 saturated carbocycles. The van der Waals surface area contributed by atoms with Crippen molar-refractivity contribution in [3.8, 4) is 0 Å². The third kappa shape index (κ3) is 1.97. The van der Waals surface area contributed by atoms with E-state index >= 15 is 0 Å². The van der Waals surface area contributed by atoms with Crippen LogP contribution in [-0.4, -0.2) is 12.1 Å². The molecule has 0 aromatic heterocycles. The molecule has 4 heterocycles. The lowest BCUT2D eigenvalue weighted by atomic mass is 10.1. The van der Waals surface area contributed by atoms with Crippen LogP contribution in [-0.2, 0) is 14.2 Å². The van der Waals surface area contributed by atoms with E-state index in [1.807, 2.05) is 0 Å². The van der Waals surface area contributed by atoms with Crippen molar-refractivity contribution < 1.29 is 14.2 Å². The number of epoxide rings is 1. The van der Waals surface area contributed by atoms with Crippen molar-refractivity contribution in [2.45, 2.75) is 58.5 Å². The average molecular weight is 248 g/mol. The number of hydrogen-bond acceptors (Lipinski definition) is 3. The molecule has 4 aliphatic rings. The lowest BCUT2D eigenvalue weighted by molar-refractivity contribution is -0.317. The molecule has 0 N–H and O–H groups in total. The highest BCUT2D eigenvalue weighted by Gasteiger charge is 2.79. The van der Waals surface area contributed by atoms with E-state index in [1.54, 1.807) is 0 Å². The van der Waals surface area contributed by atoms with Crippen LogP contribution in [0.3, 0.4) is 0 Å². The highest BCUT2D eigenvalue weighted by Crippen LogP contribution is 2.62. The van der Waals surface area contributed by atoms with Crippen LogP contribution in [0.5, 0.6) is 0 Å². The van der Waals surface area contributed by atoms with Gasteiger partial charge in [0.15, 0.2) is 0 Å². The standard InChI is InChI=1S/C15H20O3/c1-10(2)6-4-7-11(3)8-5-9-12-13-15(16-13)17-14(12)18-15/h6,8,13H,4-5,7,9H2,1-3H3. The van der Waals surface area contributed by atoms with Crippen LogP contribution >= 0.6 is 0 Å². The van der Waals surface area contributed by atoms with Crippen molar-refractivity contribution in [2.24, 2.45) is 0 Å². The van der Waals surface area contributed by atoms with E-state index in [0.717, 1.165) is 31.6 Å². The van der Waals surface area contributed by atoms with Crippen molar-refractivity contribution in [3.05, 3.63) is 34.8 Å². The summed E-state index contributed by atoms with van der Waals surface area (Å²) in [5, 5.41) is 0. The van der Waals surface area contributed by atoms with Crippen LogP contribution in [0.4, 0.5) is 0 Å². The van der Waals surface area contributed by atoms with E-state index in [9.17, 15) is 0 Å². The molecule has 3 heteroatoms. The topological polar surface area (TPSA) is 31.0 Å². The van der Waals surface area contributed by atoms with Crippen molar-refractivity contribution in [1.82, 2.24) is 0 Å². The van der Waals surface area contributed by atoms with Crippen LogP contribution in [0, 0.1) is 0 Å². The molecule has 0 aromatic rings. The molecule has 0 aliphatic carbocycles. The van der Waals surface area contributed by atoms with Gasteiger partial charge in [-0.25, -0.2) is 0 Å². The predicted octanol–water partition coefficient (Wildman–Crippen LogP) is 3.78. The maximum atomic E-state index is 5.38. The smallest absolute Gasteiger partial charge is 0.395 e. The Hall–Kier alpha value is -1.22. The monoisotopic (exact) mass is 248 g/mol. The fraction of sp³-hybridized carbons (Fsp3) is 0.600. The third-order valence-electron chi connectivity index (χ3n) is 3.59. The van der Waals surface area contributed by atoms with Crippen molar-refractivity contribution >= 4 is 0 Å². The molecular weight excluding hydrogens is 228 g/mol. The van der Waals surface area contributed by atoms with Crippen LogP contribution in [0.2, 0.25) is 0 Å². The predicted molar refractivity (Wildman–Crippen MR) is 68.5 cm³/mol. The van der Waals surface area contributed by atoms with Gasteiger partial charge in [0.1, 0.15) is 0 Å². The molecular formula is C15H20O3. The van der Waals surface area contributed by atoms with Gasteiger partial charge in [-0.3, -0.25) is 4.74 Å². The summed E-state index contributed by atoms with van der Waals surface area (Å²) in [6.07, 6.45) is 9.03. The maximum absolute atomic E-state index is 5.38. The van der Waals surface area contributed by atoms with E-state index in [0.29, 0.717) is 0 Å². The van der Waals surface area contributed by atoms with Gasteiger partial charge in [0.2, 0.25) is 6.10 Å². The first-order valence-electron chi connectivity index (χ1n) is 6.68. The second-order valence-electron chi connectivity index (χ2n) is 5.53. The number of ether oxygens (including phenoxy) is 3. The molecule has 18 heavy (non-hydrogen) atoms. The van der Waals surface area contributed by atoms with Gasteiger partial charge in [0, 0.05) is 0 Å². The van der Waals surface area contributed by atoms with Crippen LogP contribution < -0.4 is 0 Å². The Kier molecular flexibility index (Phi) is 2.74. The molecule has 98 valence electrons. The van der Waals surface area contributed by atoms with Gasteiger partial charge >= 0.3 is 5.97 Å². The number of allylic oxidation sites excluding steroid dienone is 4. The number of rotatable bonds is 6. The van der Waals surface area contributed by atoms with E-state index in [2.05, 4.69) is 32.9 Å². The van der Waals surface area contributed by atoms with Gasteiger partial charge < -0.3 is 9.47 Å². The van der Waals surface area contributed by atoms with E-state index in [1.165, 1.54) is 16.7 Å². The Morgan fingerprint density at radius 1 is 1.17 bits per heavy atom. The average Bonchev–Trinajstić information content (AvgIpc) is 2.84. The highest BCUT2D eigenvalue weighted by atomic mass is 17.1. The normalized spacial score (nSPS) is 31.3. The summed E-state index contributed by atoms with van der Waals surface area (Å²) >= 11 is 0. The van der Waals surface area contributed by atoms with Gasteiger partial charge in [-0.05, 0) is 46.5 Å². The molecule has 3 nitrogen and oxygen atoms in total. The summed E-state index contributed by atoms with van der Waals surface area (Å²) in [7, 11) is 0. The Labute approximate surface area is 108 Å². The minimum absolute atomic E-state index is 0.104. The molecule has 0 amide bonds. The van der Waals surface area contributed by atoms with E-state index in [-0.39, 0.29) is 6.10 Å². The van der Waals surface area contributed by atoms with E-state index < -0.39 is 5.97 Å². The Morgan fingerprint density at radius 2 is 1.94 bits per heavy atom. The third-order valence-corrected chi connectivity index (χ3v) is 3.59.